The summed E-state index contributed by atoms with van der Waals surface area (Å²) >= 11 is 3.48. The minimum Gasteiger partial charge on any atom is -0.495 e. The van der Waals surface area contributed by atoms with E-state index < -0.39 is 34.7 Å². The van der Waals surface area contributed by atoms with Crippen LogP contribution >= 0.6 is 15.9 Å². The number of benzene rings is 2. The van der Waals surface area contributed by atoms with Gasteiger partial charge in [0.05, 0.1) is 31.0 Å². The Labute approximate surface area is 218 Å². The molecule has 3 N–H and O–H groups in total. The number of aliphatic hydroxyl groups is 2. The third-order valence-corrected chi connectivity index (χ3v) is 7.64. The topological polar surface area (TPSA) is 101 Å². The molecule has 3 aromatic rings. The molecule has 0 saturated heterocycles. The maximum absolute atomic E-state index is 13.8. The number of aliphatic hydroxyl groups excluding tert-OH is 1. The summed E-state index contributed by atoms with van der Waals surface area (Å²) in [4.78, 5) is 18.1. The van der Waals surface area contributed by atoms with Crippen molar-refractivity contribution in [2.75, 3.05) is 7.11 Å². The SMILES string of the molecule is COc1cncc2c1C1(O)C(O)C(C(=O)NC(C)(C)C)C(c3ccccc3)C1(c1ccc(Br)cc1)O2. The van der Waals surface area contributed by atoms with Crippen LogP contribution in [0.15, 0.2) is 71.5 Å². The Morgan fingerprint density at radius 2 is 1.78 bits per heavy atom. The molecule has 7 nitrogen and oxygen atoms in total. The largest absolute Gasteiger partial charge is 0.495 e. The first kappa shape index (κ1) is 24.7. The van der Waals surface area contributed by atoms with Crippen molar-refractivity contribution >= 4 is 21.8 Å². The number of halogens is 1. The zero-order chi connectivity index (χ0) is 25.9. The number of ether oxygens (including phenoxy) is 2. The highest BCUT2D eigenvalue weighted by Crippen LogP contribution is 2.69. The van der Waals surface area contributed by atoms with E-state index in [1.807, 2.05) is 75.4 Å². The molecule has 188 valence electrons. The predicted octanol–water partition coefficient (Wildman–Crippen LogP) is 4.02. The third kappa shape index (κ3) is 3.46. The number of fused-ring (bicyclic) bond motifs is 3. The van der Waals surface area contributed by atoms with Crippen molar-refractivity contribution in [3.05, 3.63) is 88.2 Å². The van der Waals surface area contributed by atoms with E-state index in [2.05, 4.69) is 26.2 Å². The average molecular weight is 553 g/mol. The van der Waals surface area contributed by atoms with E-state index in [9.17, 15) is 15.0 Å². The van der Waals surface area contributed by atoms with Crippen LogP contribution in [0.4, 0.5) is 0 Å². The van der Waals surface area contributed by atoms with Gasteiger partial charge >= 0.3 is 0 Å². The Morgan fingerprint density at radius 3 is 2.39 bits per heavy atom. The molecule has 1 amide bonds. The lowest BCUT2D eigenvalue weighted by molar-refractivity contribution is -0.154. The van der Waals surface area contributed by atoms with Crippen LogP contribution in [-0.4, -0.2) is 39.9 Å². The van der Waals surface area contributed by atoms with E-state index in [0.717, 1.165) is 10.0 Å². The summed E-state index contributed by atoms with van der Waals surface area (Å²) in [7, 11) is 1.47. The second kappa shape index (κ2) is 8.57. The zero-order valence-corrected chi connectivity index (χ0v) is 22.1. The number of aromatic nitrogens is 1. The molecule has 0 spiro atoms. The number of hydrogen-bond acceptors (Lipinski definition) is 6. The molecule has 5 atom stereocenters. The highest BCUT2D eigenvalue weighted by molar-refractivity contribution is 9.10. The number of hydrogen-bond donors (Lipinski definition) is 3. The van der Waals surface area contributed by atoms with Gasteiger partial charge in [0.25, 0.3) is 0 Å². The molecule has 2 heterocycles. The summed E-state index contributed by atoms with van der Waals surface area (Å²) < 4.78 is 13.1. The van der Waals surface area contributed by atoms with E-state index in [1.165, 1.54) is 19.5 Å². The van der Waals surface area contributed by atoms with Crippen molar-refractivity contribution in [2.24, 2.45) is 5.92 Å². The van der Waals surface area contributed by atoms with Gasteiger partial charge in [-0.15, -0.1) is 0 Å². The van der Waals surface area contributed by atoms with Crippen LogP contribution < -0.4 is 14.8 Å². The molecule has 1 saturated carbocycles. The quantitative estimate of drug-likeness (QED) is 0.452. The van der Waals surface area contributed by atoms with Gasteiger partial charge in [-0.3, -0.25) is 9.78 Å². The smallest absolute Gasteiger partial charge is 0.227 e. The number of nitrogens with one attached hydrogen (secondary N) is 1. The van der Waals surface area contributed by atoms with Gasteiger partial charge in [-0.1, -0.05) is 58.4 Å². The normalized spacial score (nSPS) is 28.7. The molecule has 36 heavy (non-hydrogen) atoms. The van der Waals surface area contributed by atoms with Gasteiger partial charge in [-0.05, 0) is 44.0 Å². The Balaban J connectivity index is 1.85. The summed E-state index contributed by atoms with van der Waals surface area (Å²) in [5, 5.41) is 27.7. The summed E-state index contributed by atoms with van der Waals surface area (Å²) in [6.07, 6.45) is 1.46. The number of amides is 1. The molecule has 5 unspecified atom stereocenters. The lowest BCUT2D eigenvalue weighted by atomic mass is 9.70. The number of pyridine rings is 1. The van der Waals surface area contributed by atoms with Crippen molar-refractivity contribution in [3.63, 3.8) is 0 Å². The number of methoxy groups -OCH3 is 1. The minimum absolute atomic E-state index is 0.275. The van der Waals surface area contributed by atoms with Crippen molar-refractivity contribution < 1.29 is 24.5 Å². The molecule has 0 radical (unpaired) electrons. The van der Waals surface area contributed by atoms with Gasteiger partial charge < -0.3 is 25.0 Å². The first-order chi connectivity index (χ1) is 17.0. The van der Waals surface area contributed by atoms with Crippen LogP contribution in [0.3, 0.4) is 0 Å². The monoisotopic (exact) mass is 552 g/mol. The Bertz CT molecular complexity index is 1290. The highest BCUT2D eigenvalue weighted by atomic mass is 79.9. The molecule has 2 aromatic carbocycles. The standard InChI is InChI=1S/C28H29BrN2O5/c1-26(2,3)31-25(33)21-22(16-8-6-5-7-9-16)28(17-10-12-18(29)13-11-17)27(34,24(21)32)23-19(35-4)14-30-15-20(23)36-28/h5-15,21-22,24,32,34H,1-4H3,(H,31,33). The number of carbonyl (C=O) groups excluding carboxylic acids is 1. The predicted molar refractivity (Wildman–Crippen MR) is 138 cm³/mol. The number of carbonyl (C=O) groups is 1. The second-order valence-electron chi connectivity index (χ2n) is 10.4. The Hall–Kier alpha value is -2.94. The average Bonchev–Trinajstić information content (AvgIpc) is 3.22. The molecular weight excluding hydrogens is 524 g/mol. The van der Waals surface area contributed by atoms with Crippen molar-refractivity contribution in [1.82, 2.24) is 10.3 Å². The van der Waals surface area contributed by atoms with E-state index in [-0.39, 0.29) is 17.2 Å². The first-order valence-corrected chi connectivity index (χ1v) is 12.6. The fourth-order valence-electron chi connectivity index (χ4n) is 5.84. The molecule has 2 aliphatic rings. The maximum atomic E-state index is 13.8. The van der Waals surface area contributed by atoms with E-state index in [0.29, 0.717) is 11.3 Å². The second-order valence-corrected chi connectivity index (χ2v) is 11.3. The molecule has 1 aromatic heterocycles. The van der Waals surface area contributed by atoms with E-state index >= 15 is 0 Å². The molecule has 1 aliphatic heterocycles. The summed E-state index contributed by atoms with van der Waals surface area (Å²) in [6.45, 7) is 5.64. The Kier molecular flexibility index (Phi) is 5.89. The summed E-state index contributed by atoms with van der Waals surface area (Å²) in [5.74, 6) is -1.59. The van der Waals surface area contributed by atoms with Gasteiger partial charge in [-0.25, -0.2) is 0 Å². The minimum atomic E-state index is -2.02. The van der Waals surface area contributed by atoms with Gasteiger partial charge in [0.2, 0.25) is 5.91 Å². The van der Waals surface area contributed by atoms with Crippen LogP contribution in [-0.2, 0) is 16.0 Å². The fraction of sp³-hybridized carbons (Fsp3) is 0.357. The van der Waals surface area contributed by atoms with Crippen LogP contribution in [0.1, 0.15) is 43.4 Å². The van der Waals surface area contributed by atoms with Gasteiger partial charge in [0.1, 0.15) is 17.6 Å². The molecule has 5 rings (SSSR count). The Morgan fingerprint density at radius 1 is 1.11 bits per heavy atom. The van der Waals surface area contributed by atoms with Gasteiger partial charge in [0, 0.05) is 15.9 Å². The number of nitrogens with zero attached hydrogens (tertiary/aromatic N) is 1. The zero-order valence-electron chi connectivity index (χ0n) is 20.5. The molecule has 8 heteroatoms. The third-order valence-electron chi connectivity index (χ3n) is 7.11. The van der Waals surface area contributed by atoms with Crippen molar-refractivity contribution in [2.45, 2.75) is 49.5 Å². The molecule has 1 aliphatic carbocycles. The molecular formula is C28H29BrN2O5. The van der Waals surface area contributed by atoms with E-state index in [4.69, 9.17) is 9.47 Å². The van der Waals surface area contributed by atoms with Crippen LogP contribution in [0.5, 0.6) is 11.5 Å². The first-order valence-electron chi connectivity index (χ1n) is 11.8. The summed E-state index contributed by atoms with van der Waals surface area (Å²) in [6, 6.07) is 16.8. The highest BCUT2D eigenvalue weighted by Gasteiger charge is 2.78. The lowest BCUT2D eigenvalue weighted by Crippen LogP contribution is -2.52. The van der Waals surface area contributed by atoms with Crippen LogP contribution in [0.25, 0.3) is 0 Å². The number of rotatable bonds is 4. The van der Waals surface area contributed by atoms with Gasteiger partial charge in [-0.2, -0.15) is 0 Å². The maximum Gasteiger partial charge on any atom is 0.227 e. The fourth-order valence-corrected chi connectivity index (χ4v) is 6.10. The molecule has 0 bridgehead atoms. The van der Waals surface area contributed by atoms with Gasteiger partial charge in [0.15, 0.2) is 11.2 Å². The molecule has 1 fully saturated rings. The van der Waals surface area contributed by atoms with E-state index in [1.54, 1.807) is 0 Å². The van der Waals surface area contributed by atoms with Crippen LogP contribution in [0, 0.1) is 5.92 Å². The summed E-state index contributed by atoms with van der Waals surface area (Å²) in [5.41, 5.74) is -2.47. The van der Waals surface area contributed by atoms with Crippen molar-refractivity contribution in [1.29, 1.82) is 0 Å². The lowest BCUT2D eigenvalue weighted by Gasteiger charge is -2.40. The van der Waals surface area contributed by atoms with Crippen molar-refractivity contribution in [3.8, 4) is 11.5 Å². The van der Waals surface area contributed by atoms with Crippen LogP contribution in [0.2, 0.25) is 0 Å².